The first-order valence-electron chi connectivity index (χ1n) is 12.3. The molecule has 0 amide bonds. The molecule has 1 heterocycles. The summed E-state index contributed by atoms with van der Waals surface area (Å²) in [5, 5.41) is 21.1. The molecule has 3 nitrogen and oxygen atoms in total. The second-order valence-electron chi connectivity index (χ2n) is 9.72. The van der Waals surface area contributed by atoms with Gasteiger partial charge in [-0.25, -0.2) is 0 Å². The Hall–Kier alpha value is -1.10. The van der Waals surface area contributed by atoms with Crippen LogP contribution < -0.4 is 0 Å². The second kappa shape index (κ2) is 12.6. The number of aliphatic hydroxyl groups is 2. The van der Waals surface area contributed by atoms with E-state index in [9.17, 15) is 10.2 Å². The van der Waals surface area contributed by atoms with E-state index in [0.29, 0.717) is 11.8 Å². The maximum absolute atomic E-state index is 10.0. The number of nitrogens with zero attached hydrogens (tertiary/aromatic N) is 1. The van der Waals surface area contributed by atoms with Gasteiger partial charge in [0.1, 0.15) is 0 Å². The molecule has 5 rings (SSSR count). The van der Waals surface area contributed by atoms with E-state index in [1.54, 1.807) is 11.3 Å². The number of hydrogen-bond acceptors (Lipinski definition) is 4. The number of para-hydroxylation sites is 1. The normalized spacial score (nSPS) is 25.2. The van der Waals surface area contributed by atoms with E-state index < -0.39 is 0 Å². The monoisotopic (exact) mass is 643 g/mol. The van der Waals surface area contributed by atoms with Gasteiger partial charge in [-0.2, -0.15) is 11.3 Å². The van der Waals surface area contributed by atoms with Gasteiger partial charge in [0.2, 0.25) is 0 Å². The Morgan fingerprint density at radius 3 is 2.21 bits per heavy atom. The van der Waals surface area contributed by atoms with Crippen molar-refractivity contribution in [3.63, 3.8) is 0 Å². The zero-order valence-corrected chi connectivity index (χ0v) is 22.9. The first-order chi connectivity index (χ1) is 15.5. The summed E-state index contributed by atoms with van der Waals surface area (Å²) in [5.74, 6) is 1.30. The third kappa shape index (κ3) is 6.74. The van der Waals surface area contributed by atoms with Gasteiger partial charge in [-0.1, -0.05) is 51.7 Å². The zero-order valence-electron chi connectivity index (χ0n) is 19.7. The van der Waals surface area contributed by atoms with Crippen LogP contribution in [0.4, 0.5) is 0 Å². The van der Waals surface area contributed by atoms with E-state index in [2.05, 4.69) is 55.2 Å². The molecular weight excluding hydrogens is 607 g/mol. The molecule has 0 saturated heterocycles. The van der Waals surface area contributed by atoms with Crippen molar-refractivity contribution in [2.24, 2.45) is 11.8 Å². The van der Waals surface area contributed by atoms with Crippen LogP contribution in [0.2, 0.25) is 0 Å². The van der Waals surface area contributed by atoms with Crippen molar-refractivity contribution in [3.8, 4) is 10.6 Å². The number of aromatic nitrogens is 1. The van der Waals surface area contributed by atoms with E-state index in [-0.39, 0.29) is 38.2 Å². The van der Waals surface area contributed by atoms with Gasteiger partial charge in [0.15, 0.2) is 0 Å². The van der Waals surface area contributed by atoms with Gasteiger partial charge in [-0.15, -0.1) is 35.4 Å². The molecule has 2 atom stereocenters. The van der Waals surface area contributed by atoms with Crippen molar-refractivity contribution < 1.29 is 30.3 Å². The summed E-state index contributed by atoms with van der Waals surface area (Å²) in [4.78, 5) is 4.67. The average molecular weight is 643 g/mol. The molecule has 2 aliphatic rings. The minimum absolute atomic E-state index is 0. The molecule has 1 radical (unpaired) electrons. The van der Waals surface area contributed by atoms with Crippen LogP contribution in [-0.2, 0) is 20.1 Å². The van der Waals surface area contributed by atoms with Gasteiger partial charge < -0.3 is 10.2 Å². The molecule has 2 aliphatic carbocycles. The Morgan fingerprint density at radius 1 is 0.939 bits per heavy atom. The van der Waals surface area contributed by atoms with E-state index in [1.807, 2.05) is 12.1 Å². The molecule has 0 bridgehead atoms. The minimum Gasteiger partial charge on any atom is -0.393 e. The first-order valence-corrected chi connectivity index (χ1v) is 13.1. The predicted octanol–water partition coefficient (Wildman–Crippen LogP) is 6.97. The molecule has 181 valence electrons. The molecule has 3 aromatic rings. The summed E-state index contributed by atoms with van der Waals surface area (Å²) in [6.07, 6.45) is 8.53. The topological polar surface area (TPSA) is 53.4 Å². The van der Waals surface area contributed by atoms with Gasteiger partial charge in [-0.05, 0) is 49.7 Å². The fourth-order valence-corrected chi connectivity index (χ4v) is 6.22. The smallest absolute Gasteiger partial charge is 0.0697 e. The van der Waals surface area contributed by atoms with Crippen molar-refractivity contribution in [1.82, 2.24) is 4.98 Å². The van der Waals surface area contributed by atoms with Crippen LogP contribution >= 0.6 is 11.3 Å². The van der Waals surface area contributed by atoms with Crippen LogP contribution in [0.3, 0.4) is 0 Å². The van der Waals surface area contributed by atoms with Gasteiger partial charge in [0.05, 0.1) is 17.7 Å². The summed E-state index contributed by atoms with van der Waals surface area (Å²) in [6.45, 7) is 4.41. The molecule has 2 unspecified atom stereocenters. The molecule has 2 aromatic carbocycles. The minimum atomic E-state index is -0.240. The molecule has 2 saturated carbocycles. The van der Waals surface area contributed by atoms with Crippen molar-refractivity contribution in [3.05, 3.63) is 54.1 Å². The molecule has 2 N–H and O–H groups in total. The maximum Gasteiger partial charge on any atom is 0.0697 e. The van der Waals surface area contributed by atoms with Crippen molar-refractivity contribution in [1.29, 1.82) is 0 Å². The fourth-order valence-electron chi connectivity index (χ4n) is 5.27. The summed E-state index contributed by atoms with van der Waals surface area (Å²) < 4.78 is 1.23. The Labute approximate surface area is 216 Å². The van der Waals surface area contributed by atoms with E-state index in [4.69, 9.17) is 0 Å². The Balaban J connectivity index is 0.000000186. The Morgan fingerprint density at radius 2 is 1.58 bits per heavy atom. The SMILES string of the molecule is CC(C)c1cc[c-]c(-c2nc3ccccc3s2)c1.OC1CCCCC2CCCCC(O)C12.[Ir]. The van der Waals surface area contributed by atoms with Crippen LogP contribution in [0.1, 0.15) is 76.7 Å². The predicted molar refractivity (Wildman–Crippen MR) is 134 cm³/mol. The summed E-state index contributed by atoms with van der Waals surface area (Å²) >= 11 is 1.73. The van der Waals surface area contributed by atoms with Gasteiger partial charge in [-0.3, -0.25) is 4.98 Å². The third-order valence-electron chi connectivity index (χ3n) is 7.10. The standard InChI is InChI=1S/C16H14NS.C12H22O2.Ir/c1-11(2)12-6-5-7-13(10-12)16-17-14-8-3-4-9-15(14)18-16;13-10-7-3-1-5-9-6-2-4-8-11(14)12(9)10;/h3-6,8-11H,1-2H3;9-14H,1-8H2;/q-1;;. The van der Waals surface area contributed by atoms with E-state index in [1.165, 1.54) is 35.9 Å². The quantitative estimate of drug-likeness (QED) is 0.297. The Bertz CT molecular complexity index is 953. The van der Waals surface area contributed by atoms with Crippen molar-refractivity contribution >= 4 is 21.6 Å². The number of aliphatic hydroxyl groups excluding tert-OH is 2. The van der Waals surface area contributed by atoms with Crippen LogP contribution in [0, 0.1) is 17.9 Å². The molecule has 0 aliphatic heterocycles. The number of hydrogen-bond donors (Lipinski definition) is 2. The first kappa shape index (κ1) is 26.5. The van der Waals surface area contributed by atoms with Crippen molar-refractivity contribution in [2.75, 3.05) is 0 Å². The second-order valence-corrected chi connectivity index (χ2v) is 10.7. The molecule has 0 spiro atoms. The van der Waals surface area contributed by atoms with E-state index in [0.717, 1.165) is 41.8 Å². The van der Waals surface area contributed by atoms with Gasteiger partial charge >= 0.3 is 0 Å². The molecule has 33 heavy (non-hydrogen) atoms. The molecule has 5 heteroatoms. The number of thiazole rings is 1. The number of fused-ring (bicyclic) bond motifs is 2. The van der Waals surface area contributed by atoms with Gasteiger partial charge in [0.25, 0.3) is 0 Å². The zero-order chi connectivity index (χ0) is 22.5. The summed E-state index contributed by atoms with van der Waals surface area (Å²) in [5.41, 5.74) is 3.51. The van der Waals surface area contributed by atoms with Crippen LogP contribution in [0.25, 0.3) is 20.8 Å². The largest absolute Gasteiger partial charge is 0.393 e. The molecule has 2 fully saturated rings. The van der Waals surface area contributed by atoms with E-state index >= 15 is 0 Å². The van der Waals surface area contributed by atoms with Crippen LogP contribution in [-0.4, -0.2) is 27.4 Å². The van der Waals surface area contributed by atoms with Crippen LogP contribution in [0.5, 0.6) is 0 Å². The number of benzene rings is 2. The summed E-state index contributed by atoms with van der Waals surface area (Å²) in [6, 6.07) is 17.9. The summed E-state index contributed by atoms with van der Waals surface area (Å²) in [7, 11) is 0. The van der Waals surface area contributed by atoms with Crippen molar-refractivity contribution in [2.45, 2.75) is 83.3 Å². The van der Waals surface area contributed by atoms with Crippen LogP contribution in [0.15, 0.2) is 42.5 Å². The molecular formula is C28H36IrNO2S-. The Kier molecular flexibility index (Phi) is 10.1. The third-order valence-corrected chi connectivity index (χ3v) is 8.17. The number of rotatable bonds is 2. The maximum atomic E-state index is 10.0. The average Bonchev–Trinajstić information content (AvgIpc) is 3.03. The van der Waals surface area contributed by atoms with Gasteiger partial charge in [0, 0.05) is 35.7 Å². The fraction of sp³-hybridized carbons (Fsp3) is 0.536. The molecule has 1 aromatic heterocycles.